The molecule has 2 rings (SSSR count). The molecule has 0 aliphatic rings. The Morgan fingerprint density at radius 1 is 1.25 bits per heavy atom. The molecule has 0 saturated carbocycles. The highest BCUT2D eigenvalue weighted by atomic mass is 35.5. The number of aromatic nitrogens is 1. The quantitative estimate of drug-likeness (QED) is 0.843. The molecule has 3 nitrogen and oxygen atoms in total. The van der Waals surface area contributed by atoms with Crippen molar-refractivity contribution in [2.45, 2.75) is 18.2 Å². The first-order valence-electron chi connectivity index (χ1n) is 6.25. The van der Waals surface area contributed by atoms with E-state index in [9.17, 15) is 4.79 Å². The highest BCUT2D eigenvalue weighted by molar-refractivity contribution is 7.99. The summed E-state index contributed by atoms with van der Waals surface area (Å²) >= 11 is 7.45. The minimum atomic E-state index is -0.0236. The van der Waals surface area contributed by atoms with Crippen LogP contribution in [0.3, 0.4) is 0 Å². The van der Waals surface area contributed by atoms with Crippen LogP contribution in [0.5, 0.6) is 0 Å². The van der Waals surface area contributed by atoms with E-state index in [2.05, 4.69) is 10.3 Å². The van der Waals surface area contributed by atoms with Gasteiger partial charge in [0.05, 0.1) is 0 Å². The highest BCUT2D eigenvalue weighted by Crippen LogP contribution is 2.21. The molecule has 0 spiro atoms. The monoisotopic (exact) mass is 306 g/mol. The minimum Gasteiger partial charge on any atom is -0.311 e. The Labute approximate surface area is 127 Å². The van der Waals surface area contributed by atoms with Crippen molar-refractivity contribution in [2.24, 2.45) is 0 Å². The average Bonchev–Trinajstić information content (AvgIpc) is 2.41. The Balaban J connectivity index is 1.76. The Morgan fingerprint density at radius 2 is 2.00 bits per heavy atom. The molecule has 20 heavy (non-hydrogen) atoms. The van der Waals surface area contributed by atoms with Crippen LogP contribution < -0.4 is 5.32 Å². The van der Waals surface area contributed by atoms with Crippen LogP contribution in [0.4, 0.5) is 5.82 Å². The van der Waals surface area contributed by atoms with Gasteiger partial charge in [0.15, 0.2) is 0 Å². The van der Waals surface area contributed by atoms with Crippen molar-refractivity contribution in [1.82, 2.24) is 4.98 Å². The Kier molecular flexibility index (Phi) is 5.44. The molecule has 2 aromatic rings. The van der Waals surface area contributed by atoms with Gasteiger partial charge in [-0.2, -0.15) is 0 Å². The fraction of sp³-hybridized carbons (Fsp3) is 0.200. The van der Waals surface area contributed by atoms with Crippen molar-refractivity contribution >= 4 is 35.1 Å². The van der Waals surface area contributed by atoms with Crippen LogP contribution in [0.2, 0.25) is 5.02 Å². The number of aryl methyl sites for hydroxylation is 1. The van der Waals surface area contributed by atoms with Gasteiger partial charge >= 0.3 is 0 Å². The summed E-state index contributed by atoms with van der Waals surface area (Å²) in [6.07, 6.45) is 0.447. The van der Waals surface area contributed by atoms with Crippen molar-refractivity contribution < 1.29 is 4.79 Å². The molecule has 0 aliphatic heterocycles. The number of nitrogens with one attached hydrogen (secondary N) is 1. The first-order valence-corrected chi connectivity index (χ1v) is 7.62. The van der Waals surface area contributed by atoms with E-state index in [1.54, 1.807) is 17.8 Å². The Morgan fingerprint density at radius 3 is 2.70 bits per heavy atom. The largest absolute Gasteiger partial charge is 0.311 e. The molecule has 5 heteroatoms. The number of anilines is 1. The van der Waals surface area contributed by atoms with Gasteiger partial charge in [-0.15, -0.1) is 11.8 Å². The first kappa shape index (κ1) is 14.9. The zero-order valence-corrected chi connectivity index (χ0v) is 12.7. The summed E-state index contributed by atoms with van der Waals surface area (Å²) in [6, 6.07) is 13.2. The van der Waals surface area contributed by atoms with Crippen LogP contribution in [0, 0.1) is 6.92 Å². The molecule has 0 aliphatic carbocycles. The van der Waals surface area contributed by atoms with Gasteiger partial charge in [-0.25, -0.2) is 4.98 Å². The van der Waals surface area contributed by atoms with Crippen LogP contribution in [0.25, 0.3) is 0 Å². The van der Waals surface area contributed by atoms with Gasteiger partial charge in [0, 0.05) is 27.8 Å². The lowest BCUT2D eigenvalue weighted by Gasteiger charge is -2.05. The number of rotatable bonds is 5. The fourth-order valence-corrected chi connectivity index (χ4v) is 2.59. The summed E-state index contributed by atoms with van der Waals surface area (Å²) in [5.41, 5.74) is 0.887. The van der Waals surface area contributed by atoms with Crippen LogP contribution in [-0.4, -0.2) is 16.6 Å². The smallest absolute Gasteiger partial charge is 0.226 e. The average molecular weight is 307 g/mol. The molecule has 0 fully saturated rings. The number of benzene rings is 1. The predicted octanol–water partition coefficient (Wildman–Crippen LogP) is 4.16. The van der Waals surface area contributed by atoms with Gasteiger partial charge < -0.3 is 5.32 Å². The number of amides is 1. The number of carbonyl (C=O) groups is 1. The van der Waals surface area contributed by atoms with E-state index in [1.165, 1.54) is 0 Å². The van der Waals surface area contributed by atoms with Gasteiger partial charge in [0.1, 0.15) is 5.82 Å². The molecule has 104 valence electrons. The fourth-order valence-electron chi connectivity index (χ4n) is 1.61. The summed E-state index contributed by atoms with van der Waals surface area (Å²) in [4.78, 5) is 17.1. The number of nitrogens with zero attached hydrogens (tertiary/aromatic N) is 1. The maximum atomic E-state index is 11.8. The molecule has 1 amide bonds. The third-order valence-electron chi connectivity index (χ3n) is 2.57. The molecule has 1 N–H and O–H groups in total. The molecule has 1 aromatic heterocycles. The van der Waals surface area contributed by atoms with E-state index < -0.39 is 0 Å². The maximum absolute atomic E-state index is 11.8. The van der Waals surface area contributed by atoms with Gasteiger partial charge in [-0.05, 0) is 43.3 Å². The lowest BCUT2D eigenvalue weighted by molar-refractivity contribution is -0.115. The number of hydrogen-bond donors (Lipinski definition) is 1. The van der Waals surface area contributed by atoms with Gasteiger partial charge in [-0.3, -0.25) is 4.79 Å². The van der Waals surface area contributed by atoms with Gasteiger partial charge in [-0.1, -0.05) is 17.7 Å². The normalized spacial score (nSPS) is 10.3. The van der Waals surface area contributed by atoms with E-state index in [0.29, 0.717) is 12.2 Å². The summed E-state index contributed by atoms with van der Waals surface area (Å²) in [5, 5.41) is 3.51. The maximum Gasteiger partial charge on any atom is 0.226 e. The van der Waals surface area contributed by atoms with Crippen LogP contribution in [0.15, 0.2) is 47.4 Å². The van der Waals surface area contributed by atoms with Gasteiger partial charge in [0.2, 0.25) is 5.91 Å². The topological polar surface area (TPSA) is 42.0 Å². The second kappa shape index (κ2) is 7.31. The van der Waals surface area contributed by atoms with Crippen LogP contribution in [0.1, 0.15) is 12.1 Å². The SMILES string of the molecule is Cc1cccc(NC(=O)CCSc2ccc(Cl)cc2)n1. The van der Waals surface area contributed by atoms with E-state index in [1.807, 2.05) is 43.3 Å². The predicted molar refractivity (Wildman–Crippen MR) is 84.4 cm³/mol. The van der Waals surface area contributed by atoms with E-state index >= 15 is 0 Å². The number of hydrogen-bond acceptors (Lipinski definition) is 3. The molecule has 0 radical (unpaired) electrons. The zero-order valence-electron chi connectivity index (χ0n) is 11.1. The third kappa shape index (κ3) is 4.87. The molecular formula is C15H15ClN2OS. The van der Waals surface area contributed by atoms with E-state index in [-0.39, 0.29) is 5.91 Å². The molecule has 0 atom stereocenters. The summed E-state index contributed by atoms with van der Waals surface area (Å²) in [6.45, 7) is 1.89. The van der Waals surface area contributed by atoms with Crippen molar-refractivity contribution in [3.05, 3.63) is 53.2 Å². The second-order valence-electron chi connectivity index (χ2n) is 4.26. The Bertz CT molecular complexity index is 587. The van der Waals surface area contributed by atoms with Crippen molar-refractivity contribution in [2.75, 3.05) is 11.1 Å². The van der Waals surface area contributed by atoms with Gasteiger partial charge in [0.25, 0.3) is 0 Å². The summed E-state index contributed by atoms with van der Waals surface area (Å²) in [5.74, 6) is 1.30. The summed E-state index contributed by atoms with van der Waals surface area (Å²) in [7, 11) is 0. The first-order chi connectivity index (χ1) is 9.63. The van der Waals surface area contributed by atoms with Crippen molar-refractivity contribution in [3.63, 3.8) is 0 Å². The molecule has 1 heterocycles. The van der Waals surface area contributed by atoms with Crippen molar-refractivity contribution in [1.29, 1.82) is 0 Å². The molecule has 0 unspecified atom stereocenters. The lowest BCUT2D eigenvalue weighted by Crippen LogP contribution is -2.13. The molecule has 0 saturated heterocycles. The van der Waals surface area contributed by atoms with Crippen LogP contribution >= 0.6 is 23.4 Å². The Hall–Kier alpha value is -1.52. The molecule has 1 aromatic carbocycles. The zero-order chi connectivity index (χ0) is 14.4. The van der Waals surface area contributed by atoms with E-state index in [0.717, 1.165) is 21.4 Å². The highest BCUT2D eigenvalue weighted by Gasteiger charge is 2.04. The lowest BCUT2D eigenvalue weighted by atomic mass is 10.3. The van der Waals surface area contributed by atoms with E-state index in [4.69, 9.17) is 11.6 Å². The second-order valence-corrected chi connectivity index (χ2v) is 5.87. The number of pyridine rings is 1. The summed E-state index contributed by atoms with van der Waals surface area (Å²) < 4.78 is 0. The molecular weight excluding hydrogens is 292 g/mol. The van der Waals surface area contributed by atoms with Crippen LogP contribution in [-0.2, 0) is 4.79 Å². The number of carbonyl (C=O) groups excluding carboxylic acids is 1. The van der Waals surface area contributed by atoms with Crippen molar-refractivity contribution in [3.8, 4) is 0 Å². The third-order valence-corrected chi connectivity index (χ3v) is 3.83. The number of halogens is 1. The minimum absolute atomic E-state index is 0.0236. The molecule has 0 bridgehead atoms. The number of thioether (sulfide) groups is 1. The standard InChI is InChI=1S/C15H15ClN2OS/c1-11-3-2-4-14(17-11)18-15(19)9-10-20-13-7-5-12(16)6-8-13/h2-8H,9-10H2,1H3,(H,17,18,19).